The van der Waals surface area contributed by atoms with Gasteiger partial charge in [0, 0.05) is 49.3 Å². The van der Waals surface area contributed by atoms with E-state index in [9.17, 15) is 4.79 Å². The van der Waals surface area contributed by atoms with Crippen LogP contribution >= 0.6 is 0 Å². The molecule has 2 fully saturated rings. The fourth-order valence-electron chi connectivity index (χ4n) is 4.43. The number of aromatic amines is 1. The molecule has 1 amide bonds. The number of rotatable bonds is 8. The van der Waals surface area contributed by atoms with Gasteiger partial charge >= 0.3 is 0 Å². The number of imidazole rings is 1. The monoisotopic (exact) mass is 426 g/mol. The van der Waals surface area contributed by atoms with Gasteiger partial charge in [-0.1, -0.05) is 13.8 Å². The van der Waals surface area contributed by atoms with Gasteiger partial charge in [-0.15, -0.1) is 0 Å². The summed E-state index contributed by atoms with van der Waals surface area (Å²) < 4.78 is 11.7. The molecule has 4 rings (SSSR count). The van der Waals surface area contributed by atoms with Gasteiger partial charge < -0.3 is 24.3 Å². The molecule has 1 aromatic heterocycles. The van der Waals surface area contributed by atoms with Gasteiger partial charge in [0.1, 0.15) is 0 Å². The van der Waals surface area contributed by atoms with E-state index in [0.717, 1.165) is 61.8 Å². The number of carbonyl (C=O) groups is 1. The lowest BCUT2D eigenvalue weighted by atomic mass is 9.96. The van der Waals surface area contributed by atoms with Gasteiger partial charge in [0.15, 0.2) is 11.5 Å². The standard InChI is InChI=1S/C24H34N4O3/c1-17(2)11-20-15-27(9-10-28(20)24(29)12-18-14-25-16-26-18)19-7-8-22(30-3)23(13-19)31-21-5-4-6-21/h7-8,13-14,16-17,20-21H,4-6,9-12,15H2,1-3H3,(H,25,26)/t20-/m0/s1. The van der Waals surface area contributed by atoms with Crippen molar-refractivity contribution in [2.45, 2.75) is 58.1 Å². The van der Waals surface area contributed by atoms with E-state index in [1.54, 1.807) is 19.6 Å². The number of nitrogens with zero attached hydrogens (tertiary/aromatic N) is 3. The number of ether oxygens (including phenoxy) is 2. The highest BCUT2D eigenvalue weighted by molar-refractivity contribution is 5.79. The van der Waals surface area contributed by atoms with Crippen LogP contribution in [0.1, 0.15) is 45.2 Å². The second kappa shape index (κ2) is 9.62. The van der Waals surface area contributed by atoms with Crippen molar-refractivity contribution < 1.29 is 14.3 Å². The Balaban J connectivity index is 1.48. The Hall–Kier alpha value is -2.70. The summed E-state index contributed by atoms with van der Waals surface area (Å²) in [4.78, 5) is 24.5. The van der Waals surface area contributed by atoms with Crippen molar-refractivity contribution >= 4 is 11.6 Å². The van der Waals surface area contributed by atoms with Crippen LogP contribution in [0.3, 0.4) is 0 Å². The van der Waals surface area contributed by atoms with Crippen LogP contribution < -0.4 is 14.4 Å². The number of piperazine rings is 1. The third-order valence-electron chi connectivity index (χ3n) is 6.30. The second-order valence-electron chi connectivity index (χ2n) is 9.08. The molecular weight excluding hydrogens is 392 g/mol. The molecule has 0 bridgehead atoms. The molecule has 0 spiro atoms. The number of anilines is 1. The van der Waals surface area contributed by atoms with E-state index in [0.29, 0.717) is 18.4 Å². The summed E-state index contributed by atoms with van der Waals surface area (Å²) in [5, 5.41) is 0. The van der Waals surface area contributed by atoms with Gasteiger partial charge in [-0.05, 0) is 43.7 Å². The molecule has 7 nitrogen and oxygen atoms in total. The predicted octanol–water partition coefficient (Wildman–Crippen LogP) is 3.66. The van der Waals surface area contributed by atoms with E-state index >= 15 is 0 Å². The molecule has 1 atom stereocenters. The second-order valence-corrected chi connectivity index (χ2v) is 9.08. The third kappa shape index (κ3) is 5.14. The van der Waals surface area contributed by atoms with Gasteiger partial charge in [-0.25, -0.2) is 4.98 Å². The smallest absolute Gasteiger partial charge is 0.228 e. The minimum absolute atomic E-state index is 0.165. The molecule has 1 aliphatic heterocycles. The van der Waals surface area contributed by atoms with Crippen molar-refractivity contribution in [1.82, 2.24) is 14.9 Å². The normalized spacial score (nSPS) is 19.4. The van der Waals surface area contributed by atoms with E-state index in [1.165, 1.54) is 6.42 Å². The Kier molecular flexibility index (Phi) is 6.68. The molecule has 1 N–H and O–H groups in total. The quantitative estimate of drug-likeness (QED) is 0.698. The maximum absolute atomic E-state index is 13.0. The van der Waals surface area contributed by atoms with Crippen LogP contribution in [0, 0.1) is 5.92 Å². The molecule has 0 unspecified atom stereocenters. The number of methoxy groups -OCH3 is 1. The fourth-order valence-corrected chi connectivity index (χ4v) is 4.43. The zero-order valence-corrected chi connectivity index (χ0v) is 18.8. The van der Waals surface area contributed by atoms with E-state index in [-0.39, 0.29) is 11.9 Å². The molecule has 7 heteroatoms. The van der Waals surface area contributed by atoms with E-state index in [4.69, 9.17) is 9.47 Å². The summed E-state index contributed by atoms with van der Waals surface area (Å²) >= 11 is 0. The molecule has 31 heavy (non-hydrogen) atoms. The van der Waals surface area contributed by atoms with Gasteiger partial charge in [0.25, 0.3) is 0 Å². The minimum atomic E-state index is 0.165. The number of hydrogen-bond acceptors (Lipinski definition) is 5. The molecular formula is C24H34N4O3. The maximum Gasteiger partial charge on any atom is 0.228 e. The molecule has 2 aromatic rings. The third-order valence-corrected chi connectivity index (χ3v) is 6.30. The number of nitrogens with one attached hydrogen (secondary N) is 1. The molecule has 168 valence electrons. The van der Waals surface area contributed by atoms with Crippen LogP contribution in [0.4, 0.5) is 5.69 Å². The highest BCUT2D eigenvalue weighted by atomic mass is 16.5. The SMILES string of the molecule is COc1ccc(N2CCN(C(=O)Cc3cnc[nH]3)[C@@H](CC(C)C)C2)cc1OC1CCC1. The summed E-state index contributed by atoms with van der Waals surface area (Å²) in [6.45, 7) is 6.78. The minimum Gasteiger partial charge on any atom is -0.493 e. The number of benzene rings is 1. The van der Waals surface area contributed by atoms with Crippen molar-refractivity contribution in [3.63, 3.8) is 0 Å². The molecule has 2 heterocycles. The predicted molar refractivity (Wildman–Crippen MR) is 121 cm³/mol. The van der Waals surface area contributed by atoms with Crippen molar-refractivity contribution in [2.24, 2.45) is 5.92 Å². The molecule has 1 saturated heterocycles. The largest absolute Gasteiger partial charge is 0.493 e. The van der Waals surface area contributed by atoms with Crippen molar-refractivity contribution in [3.8, 4) is 11.5 Å². The van der Waals surface area contributed by atoms with Gasteiger partial charge in [-0.2, -0.15) is 0 Å². The average molecular weight is 427 g/mol. The van der Waals surface area contributed by atoms with Crippen molar-refractivity contribution in [2.75, 3.05) is 31.6 Å². The number of aromatic nitrogens is 2. The number of hydrogen-bond donors (Lipinski definition) is 1. The van der Waals surface area contributed by atoms with Crippen LogP contribution in [0.25, 0.3) is 0 Å². The van der Waals surface area contributed by atoms with Gasteiger partial charge in [0.05, 0.1) is 26.0 Å². The Bertz CT molecular complexity index is 864. The summed E-state index contributed by atoms with van der Waals surface area (Å²) in [7, 11) is 1.69. The zero-order valence-electron chi connectivity index (χ0n) is 18.8. The molecule has 2 aliphatic rings. The Labute approximate surface area is 184 Å². The average Bonchev–Trinajstić information content (AvgIpc) is 3.23. The maximum atomic E-state index is 13.0. The highest BCUT2D eigenvalue weighted by Gasteiger charge is 2.31. The van der Waals surface area contributed by atoms with E-state index in [2.05, 4.69) is 45.7 Å². The molecule has 1 aliphatic carbocycles. The van der Waals surface area contributed by atoms with E-state index < -0.39 is 0 Å². The summed E-state index contributed by atoms with van der Waals surface area (Å²) in [6, 6.07) is 6.38. The lowest BCUT2D eigenvalue weighted by molar-refractivity contribution is -0.133. The van der Waals surface area contributed by atoms with Crippen LogP contribution in [0.5, 0.6) is 11.5 Å². The highest BCUT2D eigenvalue weighted by Crippen LogP contribution is 2.36. The summed E-state index contributed by atoms with van der Waals surface area (Å²) in [5.74, 6) is 2.28. The fraction of sp³-hybridized carbons (Fsp3) is 0.583. The topological polar surface area (TPSA) is 70.7 Å². The van der Waals surface area contributed by atoms with Crippen LogP contribution in [-0.2, 0) is 11.2 Å². The molecule has 1 saturated carbocycles. The first kappa shape index (κ1) is 21.5. The van der Waals surface area contributed by atoms with Crippen LogP contribution in [0.15, 0.2) is 30.7 Å². The van der Waals surface area contributed by atoms with Crippen molar-refractivity contribution in [3.05, 3.63) is 36.4 Å². The zero-order chi connectivity index (χ0) is 21.8. The lowest BCUT2D eigenvalue weighted by Crippen LogP contribution is -2.56. The lowest BCUT2D eigenvalue weighted by Gasteiger charge is -2.43. The number of carbonyl (C=O) groups excluding carboxylic acids is 1. The first-order valence-electron chi connectivity index (χ1n) is 11.4. The Morgan fingerprint density at radius 1 is 1.26 bits per heavy atom. The molecule has 1 aromatic carbocycles. The van der Waals surface area contributed by atoms with Gasteiger partial charge in [0.2, 0.25) is 5.91 Å². The molecule has 0 radical (unpaired) electrons. The first-order chi connectivity index (χ1) is 15.0. The first-order valence-corrected chi connectivity index (χ1v) is 11.4. The number of H-pyrrole nitrogens is 1. The summed E-state index contributed by atoms with van der Waals surface area (Å²) in [6.07, 6.45) is 8.46. The van der Waals surface area contributed by atoms with E-state index in [1.807, 2.05) is 6.07 Å². The van der Waals surface area contributed by atoms with Crippen LogP contribution in [-0.4, -0.2) is 59.7 Å². The number of amides is 1. The summed E-state index contributed by atoms with van der Waals surface area (Å²) in [5.41, 5.74) is 1.99. The Morgan fingerprint density at radius 2 is 2.10 bits per heavy atom. The Morgan fingerprint density at radius 3 is 2.74 bits per heavy atom. The van der Waals surface area contributed by atoms with Gasteiger partial charge in [-0.3, -0.25) is 4.79 Å². The van der Waals surface area contributed by atoms with Crippen molar-refractivity contribution in [1.29, 1.82) is 0 Å². The van der Waals surface area contributed by atoms with Crippen LogP contribution in [0.2, 0.25) is 0 Å².